The smallest absolute Gasteiger partial charge is 0.425 e. The third-order valence-corrected chi connectivity index (χ3v) is 6.57. The number of anilines is 2. The van der Waals surface area contributed by atoms with E-state index in [4.69, 9.17) is 4.74 Å². The first-order chi connectivity index (χ1) is 16.5. The molecular weight excluding hydrogens is 475 g/mol. The van der Waals surface area contributed by atoms with Gasteiger partial charge in [-0.05, 0) is 44.7 Å². The molecule has 12 heteroatoms. The van der Waals surface area contributed by atoms with Crippen molar-refractivity contribution in [3.8, 4) is 5.88 Å². The zero-order chi connectivity index (χ0) is 25.4. The highest BCUT2D eigenvalue weighted by Crippen LogP contribution is 2.42. The molecule has 1 atom stereocenters. The van der Waals surface area contributed by atoms with Crippen molar-refractivity contribution in [2.75, 3.05) is 22.9 Å². The van der Waals surface area contributed by atoms with Gasteiger partial charge >= 0.3 is 6.18 Å². The van der Waals surface area contributed by atoms with Crippen molar-refractivity contribution in [1.29, 1.82) is 0 Å². The molecule has 1 unspecified atom stereocenters. The normalized spacial score (nSPS) is 19.2. The van der Waals surface area contributed by atoms with Crippen LogP contribution in [0.3, 0.4) is 0 Å². The summed E-state index contributed by atoms with van der Waals surface area (Å²) >= 11 is 0. The molecule has 1 spiro atoms. The Kier molecular flexibility index (Phi) is 6.85. The van der Waals surface area contributed by atoms with E-state index in [0.717, 1.165) is 19.1 Å². The summed E-state index contributed by atoms with van der Waals surface area (Å²) in [6.07, 6.45) is -4.09. The first-order valence-corrected chi connectivity index (χ1v) is 11.3. The number of halogens is 5. The van der Waals surface area contributed by atoms with Crippen molar-refractivity contribution in [3.63, 3.8) is 0 Å². The number of hydrogen-bond acceptors (Lipinski definition) is 6. The fourth-order valence-electron chi connectivity index (χ4n) is 4.72. The lowest BCUT2D eigenvalue weighted by atomic mass is 9.78. The molecule has 1 amide bonds. The zero-order valence-electron chi connectivity index (χ0n) is 19.0. The Balaban J connectivity index is 1.56. The van der Waals surface area contributed by atoms with Gasteiger partial charge in [-0.25, -0.2) is 13.8 Å². The monoisotopic (exact) mass is 500 g/mol. The summed E-state index contributed by atoms with van der Waals surface area (Å²) in [5.74, 6) is -2.29. The molecule has 1 aromatic heterocycles. The third kappa shape index (κ3) is 5.16. The van der Waals surface area contributed by atoms with Crippen LogP contribution in [-0.2, 0) is 11.4 Å². The van der Waals surface area contributed by atoms with E-state index in [9.17, 15) is 31.9 Å². The number of carbonyl (C=O) groups is 1. The highest BCUT2D eigenvalue weighted by Gasteiger charge is 2.45. The fourth-order valence-corrected chi connectivity index (χ4v) is 4.72. The lowest BCUT2D eigenvalue weighted by Gasteiger charge is -2.51. The van der Waals surface area contributed by atoms with Crippen molar-refractivity contribution >= 4 is 17.4 Å². The second-order valence-electron chi connectivity index (χ2n) is 8.83. The Hall–Kier alpha value is -3.02. The van der Waals surface area contributed by atoms with Gasteiger partial charge in [0, 0.05) is 37.3 Å². The lowest BCUT2D eigenvalue weighted by Crippen LogP contribution is -2.60. The number of hydrogen-bond donors (Lipinski definition) is 1. The predicted octanol–water partition coefficient (Wildman–Crippen LogP) is 4.13. The van der Waals surface area contributed by atoms with E-state index in [0.29, 0.717) is 56.7 Å². The van der Waals surface area contributed by atoms with E-state index in [1.54, 1.807) is 4.90 Å². The first kappa shape index (κ1) is 25.1. The highest BCUT2D eigenvalue weighted by molar-refractivity contribution is 5.95. The molecule has 0 bridgehead atoms. The Morgan fingerprint density at radius 1 is 1.11 bits per heavy atom. The zero-order valence-corrected chi connectivity index (χ0v) is 19.0. The number of amides is 1. The molecule has 0 aliphatic carbocycles. The molecule has 190 valence electrons. The summed E-state index contributed by atoms with van der Waals surface area (Å²) in [6, 6.07) is 4.70. The number of aliphatic hydroxyl groups excluding tert-OH is 1. The minimum atomic E-state index is -4.58. The van der Waals surface area contributed by atoms with E-state index in [1.165, 1.54) is 12.1 Å². The lowest BCUT2D eigenvalue weighted by molar-refractivity contribution is -0.190. The summed E-state index contributed by atoms with van der Waals surface area (Å²) in [5.41, 5.74) is -0.309. The largest absolute Gasteiger partial charge is 0.465 e. The predicted molar refractivity (Wildman–Crippen MR) is 116 cm³/mol. The fraction of sp³-hybridized carbons (Fsp3) is 0.522. The minimum absolute atomic E-state index is 0.0802. The van der Waals surface area contributed by atoms with Gasteiger partial charge in [0.15, 0.2) is 23.6 Å². The van der Waals surface area contributed by atoms with Crippen molar-refractivity contribution < 1.29 is 36.6 Å². The van der Waals surface area contributed by atoms with Crippen LogP contribution < -0.4 is 14.5 Å². The van der Waals surface area contributed by atoms with Crippen LogP contribution in [0.2, 0.25) is 0 Å². The molecule has 2 aliphatic rings. The number of nitrogens with zero attached hydrogens (tertiary/aromatic N) is 4. The number of piperidine rings is 2. The quantitative estimate of drug-likeness (QED) is 0.622. The Bertz CT molecular complexity index is 1090. The summed E-state index contributed by atoms with van der Waals surface area (Å²) in [5, 5.41) is 9.49. The summed E-state index contributed by atoms with van der Waals surface area (Å²) in [4.78, 5) is 24.3. The van der Waals surface area contributed by atoms with Crippen LogP contribution >= 0.6 is 0 Å². The Morgan fingerprint density at radius 2 is 1.83 bits per heavy atom. The van der Waals surface area contributed by atoms with Gasteiger partial charge in [0.1, 0.15) is 12.4 Å². The molecule has 3 heterocycles. The number of alkyl halides is 3. The van der Waals surface area contributed by atoms with Crippen molar-refractivity contribution in [2.24, 2.45) is 0 Å². The number of carbonyl (C=O) groups excluding carboxylic acids is 1. The van der Waals surface area contributed by atoms with Crippen LogP contribution in [0, 0.1) is 11.6 Å². The van der Waals surface area contributed by atoms with Gasteiger partial charge in [-0.3, -0.25) is 4.79 Å². The molecule has 1 N–H and O–H groups in total. The summed E-state index contributed by atoms with van der Waals surface area (Å²) in [7, 11) is 0. The average Bonchev–Trinajstić information content (AvgIpc) is 2.81. The average molecular weight is 500 g/mol. The number of rotatable bonds is 5. The van der Waals surface area contributed by atoms with E-state index in [-0.39, 0.29) is 17.6 Å². The van der Waals surface area contributed by atoms with E-state index in [2.05, 4.69) is 9.97 Å². The number of ether oxygens (including phenoxy) is 1. The van der Waals surface area contributed by atoms with Crippen molar-refractivity contribution in [3.05, 3.63) is 41.7 Å². The Labute approximate surface area is 198 Å². The van der Waals surface area contributed by atoms with Gasteiger partial charge in [-0.2, -0.15) is 18.2 Å². The van der Waals surface area contributed by atoms with Gasteiger partial charge in [0.2, 0.25) is 11.8 Å². The van der Waals surface area contributed by atoms with Crippen LogP contribution in [-0.4, -0.2) is 51.9 Å². The molecule has 4 rings (SSSR count). The molecule has 2 fully saturated rings. The van der Waals surface area contributed by atoms with E-state index >= 15 is 0 Å². The highest BCUT2D eigenvalue weighted by atomic mass is 19.4. The third-order valence-electron chi connectivity index (χ3n) is 6.57. The molecule has 2 saturated heterocycles. The maximum Gasteiger partial charge on any atom is 0.425 e. The SMILES string of the molecule is CC(Oc1cc(N2CCC3(CCCC(=O)N3c3ccc(F)c(F)c3)CC2)nc(CO)n1)C(F)(F)F. The van der Waals surface area contributed by atoms with E-state index < -0.39 is 36.1 Å². The molecule has 35 heavy (non-hydrogen) atoms. The number of aromatic nitrogens is 2. The summed E-state index contributed by atoms with van der Waals surface area (Å²) in [6.45, 7) is 1.06. The molecule has 7 nitrogen and oxygen atoms in total. The van der Waals surface area contributed by atoms with Crippen molar-refractivity contribution in [2.45, 2.75) is 63.5 Å². The maximum atomic E-state index is 13.9. The van der Waals surface area contributed by atoms with E-state index in [1.807, 2.05) is 4.90 Å². The first-order valence-electron chi connectivity index (χ1n) is 11.3. The maximum absolute atomic E-state index is 13.9. The minimum Gasteiger partial charge on any atom is -0.465 e. The van der Waals surface area contributed by atoms with Gasteiger partial charge in [0.25, 0.3) is 0 Å². The summed E-state index contributed by atoms with van der Waals surface area (Å²) < 4.78 is 71.1. The number of benzene rings is 1. The second-order valence-corrected chi connectivity index (χ2v) is 8.83. The van der Waals surface area contributed by atoms with Gasteiger partial charge < -0.3 is 19.6 Å². The molecule has 2 aliphatic heterocycles. The van der Waals surface area contributed by atoms with Crippen LogP contribution in [0.1, 0.15) is 44.9 Å². The van der Waals surface area contributed by atoms with Crippen molar-refractivity contribution in [1.82, 2.24) is 9.97 Å². The van der Waals surface area contributed by atoms with Crippen LogP contribution in [0.4, 0.5) is 33.5 Å². The van der Waals surface area contributed by atoms with Gasteiger partial charge in [0.05, 0.1) is 5.54 Å². The Morgan fingerprint density at radius 3 is 2.46 bits per heavy atom. The van der Waals surface area contributed by atoms with Crippen LogP contribution in [0.15, 0.2) is 24.3 Å². The van der Waals surface area contributed by atoms with Crippen LogP contribution in [0.5, 0.6) is 5.88 Å². The second kappa shape index (κ2) is 9.56. The van der Waals surface area contributed by atoms with Gasteiger partial charge in [-0.1, -0.05) is 0 Å². The molecule has 0 saturated carbocycles. The molecule has 1 aromatic carbocycles. The molecule has 0 radical (unpaired) electrons. The number of aliphatic hydroxyl groups is 1. The molecule has 2 aromatic rings. The van der Waals surface area contributed by atoms with Gasteiger partial charge in [-0.15, -0.1) is 0 Å². The standard InChI is InChI=1S/C23H25F5N4O3/c1-14(23(26,27)28)35-20-12-19(29-18(13-33)30-20)31-9-7-22(8-10-31)6-2-3-21(34)32(22)15-4-5-16(24)17(25)11-15/h4-5,11-12,14,33H,2-3,6-10,13H2,1H3. The van der Waals surface area contributed by atoms with Crippen LogP contribution in [0.25, 0.3) is 0 Å². The molecular formula is C23H25F5N4O3. The topological polar surface area (TPSA) is 78.8 Å².